The minimum absolute atomic E-state index is 0.190. The van der Waals surface area contributed by atoms with Gasteiger partial charge in [0.1, 0.15) is 5.69 Å². The van der Waals surface area contributed by atoms with Gasteiger partial charge in [-0.1, -0.05) is 6.07 Å². The number of hydrogen-bond donors (Lipinski definition) is 1. The van der Waals surface area contributed by atoms with Gasteiger partial charge in [-0.3, -0.25) is 14.5 Å². The molecule has 1 fully saturated rings. The third-order valence-corrected chi connectivity index (χ3v) is 4.98. The molecule has 8 heteroatoms. The lowest BCUT2D eigenvalue weighted by Gasteiger charge is -2.10. The summed E-state index contributed by atoms with van der Waals surface area (Å²) in [5.41, 5.74) is 3.35. The lowest BCUT2D eigenvalue weighted by Crippen LogP contribution is -2.24. The number of nitrogens with zero attached hydrogens (tertiary/aromatic N) is 5. The van der Waals surface area contributed by atoms with E-state index in [1.165, 1.54) is 4.68 Å². The molecule has 2 atom stereocenters. The molecule has 3 heterocycles. The number of nitrogens with one attached hydrogen (secondary N) is 1. The number of aryl methyl sites for hydroxylation is 3. The number of aromatic nitrogens is 5. The molecule has 1 aliphatic rings. The molecule has 3 aromatic heterocycles. The van der Waals surface area contributed by atoms with Gasteiger partial charge in [0.2, 0.25) is 5.88 Å². The van der Waals surface area contributed by atoms with Crippen LogP contribution in [-0.4, -0.2) is 31.2 Å². The summed E-state index contributed by atoms with van der Waals surface area (Å²) in [7, 11) is 3.55. The standard InChI is InChI=1S/C20H24N6O2/c1-13-4-5-14(10-21-13)11-22-18-9-19(24-26(3)20(18)27)28-12-15-8-16(15)17-6-7-25(2)23-17/h4-7,9-10,15-16,22H,8,11-12H2,1-3H3/t15?,16-/m1/s1. The summed E-state index contributed by atoms with van der Waals surface area (Å²) in [5, 5.41) is 11.8. The number of rotatable bonds is 7. The lowest BCUT2D eigenvalue weighted by molar-refractivity contribution is 0.278. The third-order valence-electron chi connectivity index (χ3n) is 4.98. The topological polar surface area (TPSA) is 86.9 Å². The van der Waals surface area contributed by atoms with E-state index in [4.69, 9.17) is 4.74 Å². The molecule has 0 bridgehead atoms. The molecule has 1 N–H and O–H groups in total. The van der Waals surface area contributed by atoms with Gasteiger partial charge in [-0.25, -0.2) is 4.68 Å². The van der Waals surface area contributed by atoms with Crippen LogP contribution >= 0.6 is 0 Å². The molecule has 1 aliphatic carbocycles. The maximum Gasteiger partial charge on any atom is 0.290 e. The number of hydrogen-bond acceptors (Lipinski definition) is 6. The summed E-state index contributed by atoms with van der Waals surface area (Å²) < 4.78 is 9.00. The van der Waals surface area contributed by atoms with Gasteiger partial charge in [0.15, 0.2) is 0 Å². The molecule has 28 heavy (non-hydrogen) atoms. The van der Waals surface area contributed by atoms with Gasteiger partial charge < -0.3 is 10.1 Å². The second-order valence-electron chi connectivity index (χ2n) is 7.31. The Labute approximate surface area is 163 Å². The highest BCUT2D eigenvalue weighted by Gasteiger charge is 2.40. The van der Waals surface area contributed by atoms with Gasteiger partial charge >= 0.3 is 0 Å². The van der Waals surface area contributed by atoms with Gasteiger partial charge in [-0.05, 0) is 31.0 Å². The van der Waals surface area contributed by atoms with Crippen LogP contribution in [0.25, 0.3) is 0 Å². The second-order valence-corrected chi connectivity index (χ2v) is 7.31. The third kappa shape index (κ3) is 4.05. The van der Waals surface area contributed by atoms with E-state index in [-0.39, 0.29) is 5.56 Å². The fraction of sp³-hybridized carbons (Fsp3) is 0.400. The Bertz CT molecular complexity index is 1020. The molecular weight excluding hydrogens is 356 g/mol. The van der Waals surface area contributed by atoms with Crippen LogP contribution < -0.4 is 15.6 Å². The molecular formula is C20H24N6O2. The Morgan fingerprint density at radius 2 is 2.11 bits per heavy atom. The number of anilines is 1. The SMILES string of the molecule is Cc1ccc(CNc2cc(OCC3C[C@H]3c3ccn(C)n3)nn(C)c2=O)cn1. The summed E-state index contributed by atoms with van der Waals surface area (Å²) in [6, 6.07) is 7.66. The van der Waals surface area contributed by atoms with Crippen LogP contribution in [0, 0.1) is 12.8 Å². The van der Waals surface area contributed by atoms with E-state index in [0.717, 1.165) is 23.4 Å². The van der Waals surface area contributed by atoms with E-state index in [9.17, 15) is 4.79 Å². The predicted octanol–water partition coefficient (Wildman–Crippen LogP) is 2.01. The summed E-state index contributed by atoms with van der Waals surface area (Å²) in [5.74, 6) is 1.32. The Morgan fingerprint density at radius 1 is 1.25 bits per heavy atom. The minimum atomic E-state index is -0.190. The minimum Gasteiger partial charge on any atom is -0.476 e. The van der Waals surface area contributed by atoms with Crippen LogP contribution in [0.15, 0.2) is 41.5 Å². The van der Waals surface area contributed by atoms with Gasteiger partial charge in [0, 0.05) is 56.6 Å². The fourth-order valence-corrected chi connectivity index (χ4v) is 3.20. The first-order chi connectivity index (χ1) is 13.5. The van der Waals surface area contributed by atoms with Crippen LogP contribution in [0.3, 0.4) is 0 Å². The quantitative estimate of drug-likeness (QED) is 0.675. The Hall–Kier alpha value is -3.16. The molecule has 0 aromatic carbocycles. The Kier molecular flexibility index (Phi) is 4.85. The zero-order valence-corrected chi connectivity index (χ0v) is 16.3. The van der Waals surface area contributed by atoms with Gasteiger partial charge in [-0.2, -0.15) is 5.10 Å². The molecule has 4 rings (SSSR count). The second kappa shape index (κ2) is 7.46. The van der Waals surface area contributed by atoms with Crippen LogP contribution in [0.4, 0.5) is 5.69 Å². The highest BCUT2D eigenvalue weighted by Crippen LogP contribution is 2.46. The number of ether oxygens (including phenoxy) is 1. The maximum absolute atomic E-state index is 12.3. The van der Waals surface area contributed by atoms with E-state index in [1.807, 2.05) is 37.0 Å². The lowest BCUT2D eigenvalue weighted by atomic mass is 10.2. The van der Waals surface area contributed by atoms with Crippen molar-refractivity contribution in [1.29, 1.82) is 0 Å². The summed E-state index contributed by atoms with van der Waals surface area (Å²) in [6.07, 6.45) is 4.83. The van der Waals surface area contributed by atoms with Crippen LogP contribution in [-0.2, 0) is 20.6 Å². The van der Waals surface area contributed by atoms with Gasteiger partial charge in [0.05, 0.1) is 12.3 Å². The van der Waals surface area contributed by atoms with Crippen LogP contribution in [0.5, 0.6) is 5.88 Å². The highest BCUT2D eigenvalue weighted by atomic mass is 16.5. The molecule has 0 radical (unpaired) electrons. The number of pyridine rings is 1. The van der Waals surface area contributed by atoms with Gasteiger partial charge in [-0.15, -0.1) is 5.10 Å². The van der Waals surface area contributed by atoms with Crippen molar-refractivity contribution in [2.24, 2.45) is 20.0 Å². The van der Waals surface area contributed by atoms with Crippen molar-refractivity contribution in [2.45, 2.75) is 25.8 Å². The highest BCUT2D eigenvalue weighted by molar-refractivity contribution is 5.44. The molecule has 146 valence electrons. The summed E-state index contributed by atoms with van der Waals surface area (Å²) >= 11 is 0. The van der Waals surface area contributed by atoms with E-state index < -0.39 is 0 Å². The summed E-state index contributed by atoms with van der Waals surface area (Å²) in [6.45, 7) is 3.02. The molecule has 1 saturated carbocycles. The van der Waals surface area contributed by atoms with Crippen molar-refractivity contribution in [3.63, 3.8) is 0 Å². The first-order valence-electron chi connectivity index (χ1n) is 9.35. The molecule has 0 spiro atoms. The maximum atomic E-state index is 12.3. The smallest absolute Gasteiger partial charge is 0.290 e. The van der Waals surface area contributed by atoms with E-state index in [1.54, 1.807) is 19.3 Å². The normalized spacial score (nSPS) is 18.1. The van der Waals surface area contributed by atoms with Gasteiger partial charge in [0.25, 0.3) is 5.56 Å². The molecule has 0 aliphatic heterocycles. The van der Waals surface area contributed by atoms with Crippen LogP contribution in [0.1, 0.15) is 29.3 Å². The van der Waals surface area contributed by atoms with Crippen molar-refractivity contribution in [3.05, 3.63) is 64.0 Å². The van der Waals surface area contributed by atoms with Crippen molar-refractivity contribution < 1.29 is 4.74 Å². The van der Waals surface area contributed by atoms with Crippen molar-refractivity contribution in [3.8, 4) is 5.88 Å². The monoisotopic (exact) mass is 380 g/mol. The summed E-state index contributed by atoms with van der Waals surface area (Å²) in [4.78, 5) is 16.6. The molecule has 0 amide bonds. The average Bonchev–Trinajstić information content (AvgIpc) is 3.33. The van der Waals surface area contributed by atoms with Crippen LogP contribution in [0.2, 0.25) is 0 Å². The van der Waals surface area contributed by atoms with E-state index in [0.29, 0.717) is 36.6 Å². The first kappa shape index (κ1) is 18.2. The van der Waals surface area contributed by atoms with Crippen molar-refractivity contribution in [1.82, 2.24) is 24.5 Å². The molecule has 1 unspecified atom stereocenters. The fourth-order valence-electron chi connectivity index (χ4n) is 3.20. The van der Waals surface area contributed by atoms with E-state index >= 15 is 0 Å². The Balaban J connectivity index is 1.38. The molecule has 3 aromatic rings. The zero-order chi connectivity index (χ0) is 19.7. The molecule has 0 saturated heterocycles. The Morgan fingerprint density at radius 3 is 2.82 bits per heavy atom. The first-order valence-corrected chi connectivity index (χ1v) is 9.35. The molecule has 8 nitrogen and oxygen atoms in total. The zero-order valence-electron chi connectivity index (χ0n) is 16.3. The van der Waals surface area contributed by atoms with Crippen molar-refractivity contribution in [2.75, 3.05) is 11.9 Å². The van der Waals surface area contributed by atoms with E-state index in [2.05, 4.69) is 26.6 Å². The average molecular weight is 380 g/mol. The van der Waals surface area contributed by atoms with Crippen molar-refractivity contribution >= 4 is 5.69 Å². The predicted molar refractivity (Wildman–Crippen MR) is 105 cm³/mol. The largest absolute Gasteiger partial charge is 0.476 e.